The molecular formula is C27H40N6O2. The second kappa shape index (κ2) is 11.7. The fourth-order valence-electron chi connectivity index (χ4n) is 5.08. The number of hydrogen-bond acceptors (Lipinski definition) is 5. The van der Waals surface area contributed by atoms with Crippen LogP contribution >= 0.6 is 0 Å². The first-order chi connectivity index (χ1) is 17.0. The molecule has 3 heterocycles. The molecule has 8 nitrogen and oxygen atoms in total. The molecule has 1 aliphatic heterocycles. The first-order valence-corrected chi connectivity index (χ1v) is 13.2. The summed E-state index contributed by atoms with van der Waals surface area (Å²) in [5, 5.41) is 0. The lowest BCUT2D eigenvalue weighted by atomic mass is 10.1. The summed E-state index contributed by atoms with van der Waals surface area (Å²) in [7, 11) is 3.25. The minimum Gasteiger partial charge on any atom is -0.340 e. The number of piperazine rings is 1. The van der Waals surface area contributed by atoms with Gasteiger partial charge in [-0.1, -0.05) is 62.9 Å². The Labute approximate surface area is 207 Å². The largest absolute Gasteiger partial charge is 0.340 e. The summed E-state index contributed by atoms with van der Waals surface area (Å²) in [5.41, 5.74) is 1.68. The third-order valence-corrected chi connectivity index (χ3v) is 7.25. The number of hydrogen-bond donors (Lipinski definition) is 0. The van der Waals surface area contributed by atoms with E-state index in [4.69, 9.17) is 4.98 Å². The highest BCUT2D eigenvalue weighted by Crippen LogP contribution is 2.22. The summed E-state index contributed by atoms with van der Waals surface area (Å²) < 4.78 is 4.75. The Kier molecular flexibility index (Phi) is 8.44. The molecule has 3 aromatic rings. The second-order valence-corrected chi connectivity index (χ2v) is 9.77. The normalized spacial score (nSPS) is 14.8. The van der Waals surface area contributed by atoms with Crippen LogP contribution in [0, 0.1) is 0 Å². The quantitative estimate of drug-likeness (QED) is 0.395. The number of imidazole rings is 1. The Morgan fingerprint density at radius 3 is 2.26 bits per heavy atom. The number of unbranched alkanes of at least 4 members (excludes halogenated alkanes) is 4. The molecule has 1 fully saturated rings. The molecule has 0 aliphatic carbocycles. The Bertz CT molecular complexity index is 1220. The molecule has 0 atom stereocenters. The van der Waals surface area contributed by atoms with Gasteiger partial charge < -0.3 is 9.47 Å². The lowest BCUT2D eigenvalue weighted by Crippen LogP contribution is -2.47. The predicted molar refractivity (Wildman–Crippen MR) is 142 cm³/mol. The van der Waals surface area contributed by atoms with Crippen LogP contribution in [0.5, 0.6) is 0 Å². The third-order valence-electron chi connectivity index (χ3n) is 7.25. The van der Waals surface area contributed by atoms with E-state index < -0.39 is 0 Å². The molecular weight excluding hydrogens is 440 g/mol. The summed E-state index contributed by atoms with van der Waals surface area (Å²) in [6.45, 7) is 7.85. The van der Waals surface area contributed by atoms with Crippen molar-refractivity contribution in [1.29, 1.82) is 0 Å². The molecule has 1 saturated heterocycles. The van der Waals surface area contributed by atoms with Crippen molar-refractivity contribution in [3.05, 3.63) is 56.7 Å². The van der Waals surface area contributed by atoms with E-state index in [2.05, 4.69) is 45.6 Å². The zero-order valence-corrected chi connectivity index (χ0v) is 21.6. The van der Waals surface area contributed by atoms with E-state index in [1.165, 1.54) is 46.8 Å². The van der Waals surface area contributed by atoms with Gasteiger partial charge in [-0.15, -0.1) is 0 Å². The maximum Gasteiger partial charge on any atom is 0.332 e. The van der Waals surface area contributed by atoms with Gasteiger partial charge in [-0.3, -0.25) is 18.8 Å². The Hall–Kier alpha value is -2.87. The van der Waals surface area contributed by atoms with E-state index in [-0.39, 0.29) is 11.2 Å². The molecule has 0 bridgehead atoms. The molecule has 0 radical (unpaired) electrons. The number of rotatable bonds is 11. The molecule has 0 N–H and O–H groups in total. The van der Waals surface area contributed by atoms with E-state index >= 15 is 0 Å². The highest BCUT2D eigenvalue weighted by molar-refractivity contribution is 5.74. The topological polar surface area (TPSA) is 68.3 Å². The van der Waals surface area contributed by atoms with Gasteiger partial charge >= 0.3 is 5.69 Å². The molecule has 1 aromatic carbocycles. The van der Waals surface area contributed by atoms with Gasteiger partial charge in [0.2, 0.25) is 5.95 Å². The Balaban J connectivity index is 1.53. The van der Waals surface area contributed by atoms with Gasteiger partial charge in [-0.25, -0.2) is 4.79 Å². The fraction of sp³-hybridized carbons (Fsp3) is 0.593. The second-order valence-electron chi connectivity index (χ2n) is 9.77. The van der Waals surface area contributed by atoms with Crippen molar-refractivity contribution in [1.82, 2.24) is 23.6 Å². The highest BCUT2D eigenvalue weighted by Gasteiger charge is 2.25. The van der Waals surface area contributed by atoms with Crippen LogP contribution in [0.1, 0.15) is 51.0 Å². The fourth-order valence-corrected chi connectivity index (χ4v) is 5.08. The van der Waals surface area contributed by atoms with Crippen LogP contribution in [-0.2, 0) is 27.1 Å². The molecule has 0 amide bonds. The van der Waals surface area contributed by atoms with Crippen LogP contribution in [0.3, 0.4) is 0 Å². The molecule has 8 heteroatoms. The minimum atomic E-state index is -0.337. The van der Waals surface area contributed by atoms with Gasteiger partial charge in [0.05, 0.1) is 0 Å². The van der Waals surface area contributed by atoms with E-state index in [0.717, 1.165) is 51.5 Å². The van der Waals surface area contributed by atoms with Gasteiger partial charge in [0.25, 0.3) is 5.56 Å². The zero-order chi connectivity index (χ0) is 24.8. The van der Waals surface area contributed by atoms with Crippen LogP contribution in [0.15, 0.2) is 39.9 Å². The average Bonchev–Trinajstić information content (AvgIpc) is 3.26. The van der Waals surface area contributed by atoms with Crippen LogP contribution in [-0.4, -0.2) is 56.3 Å². The van der Waals surface area contributed by atoms with Crippen molar-refractivity contribution in [2.24, 2.45) is 14.1 Å². The summed E-state index contributed by atoms with van der Waals surface area (Å²) >= 11 is 0. The maximum absolute atomic E-state index is 13.2. The number of nitrogens with zero attached hydrogens (tertiary/aromatic N) is 6. The first-order valence-electron chi connectivity index (χ1n) is 13.2. The van der Waals surface area contributed by atoms with E-state index in [0.29, 0.717) is 17.7 Å². The SMILES string of the molecule is CCCCCCCN1CCN(c2nc3c(c(=O)n(C)c(=O)n3C)n2CCCc2ccccc2)CC1. The molecule has 0 unspecified atom stereocenters. The van der Waals surface area contributed by atoms with Gasteiger partial charge in [0.1, 0.15) is 0 Å². The molecule has 35 heavy (non-hydrogen) atoms. The summed E-state index contributed by atoms with van der Waals surface area (Å²) in [6.07, 6.45) is 8.33. The van der Waals surface area contributed by atoms with Crippen molar-refractivity contribution in [2.45, 2.75) is 58.4 Å². The molecule has 4 rings (SSSR count). The van der Waals surface area contributed by atoms with Crippen LogP contribution in [0.2, 0.25) is 0 Å². The number of aromatic nitrogens is 4. The van der Waals surface area contributed by atoms with Gasteiger partial charge in [-0.05, 0) is 31.4 Å². The van der Waals surface area contributed by atoms with Crippen molar-refractivity contribution < 1.29 is 0 Å². The predicted octanol–water partition coefficient (Wildman–Crippen LogP) is 3.16. The molecule has 190 valence electrons. The number of anilines is 1. The smallest absolute Gasteiger partial charge is 0.332 e. The van der Waals surface area contributed by atoms with Crippen LogP contribution in [0.25, 0.3) is 11.2 Å². The van der Waals surface area contributed by atoms with E-state index in [1.54, 1.807) is 14.1 Å². The van der Waals surface area contributed by atoms with Crippen LogP contribution < -0.4 is 16.1 Å². The average molecular weight is 481 g/mol. The number of fused-ring (bicyclic) bond motifs is 1. The van der Waals surface area contributed by atoms with Crippen molar-refractivity contribution in [3.63, 3.8) is 0 Å². The summed E-state index contributed by atoms with van der Waals surface area (Å²) in [4.78, 5) is 35.4. The molecule has 0 saturated carbocycles. The lowest BCUT2D eigenvalue weighted by Gasteiger charge is -2.35. The zero-order valence-electron chi connectivity index (χ0n) is 21.6. The standard InChI is InChI=1S/C27H40N6O2/c1-4-5-6-7-11-16-31-18-20-32(21-19-31)26-28-24-23(25(34)30(3)27(35)29(24)2)33(26)17-12-15-22-13-9-8-10-14-22/h8-10,13-14H,4-7,11-12,15-21H2,1-3H3. The summed E-state index contributed by atoms with van der Waals surface area (Å²) in [5.74, 6) is 0.814. The Morgan fingerprint density at radius 2 is 1.54 bits per heavy atom. The van der Waals surface area contributed by atoms with Gasteiger partial charge in [-0.2, -0.15) is 4.98 Å². The van der Waals surface area contributed by atoms with Gasteiger partial charge in [0, 0.05) is 46.8 Å². The first kappa shape index (κ1) is 25.2. The van der Waals surface area contributed by atoms with E-state index in [1.807, 2.05) is 6.07 Å². The molecule has 1 aliphatic rings. The third kappa shape index (κ3) is 5.69. The van der Waals surface area contributed by atoms with Crippen molar-refractivity contribution in [3.8, 4) is 0 Å². The lowest BCUT2D eigenvalue weighted by molar-refractivity contribution is 0.250. The molecule has 0 spiro atoms. The van der Waals surface area contributed by atoms with Crippen molar-refractivity contribution in [2.75, 3.05) is 37.6 Å². The molecule has 2 aromatic heterocycles. The number of aryl methyl sites for hydroxylation is 3. The Morgan fingerprint density at radius 1 is 0.829 bits per heavy atom. The summed E-state index contributed by atoms with van der Waals surface area (Å²) in [6, 6.07) is 10.4. The minimum absolute atomic E-state index is 0.271. The highest BCUT2D eigenvalue weighted by atomic mass is 16.2. The maximum atomic E-state index is 13.2. The number of benzene rings is 1. The van der Waals surface area contributed by atoms with Gasteiger partial charge in [0.15, 0.2) is 11.2 Å². The van der Waals surface area contributed by atoms with Crippen LogP contribution in [0.4, 0.5) is 5.95 Å². The van der Waals surface area contributed by atoms with E-state index in [9.17, 15) is 9.59 Å². The monoisotopic (exact) mass is 480 g/mol. The van der Waals surface area contributed by atoms with Crippen molar-refractivity contribution >= 4 is 17.1 Å².